The minimum Gasteiger partial charge on any atom is -0.495 e. The standard InChI is InChI=1S/C25H22ClFN6O4/c1-3-20(25(36)30-15-5-6-16(24(28)35)19(27)11-15)32-13-22(37-2)18(12-23(32)34)17-10-14(26)4-7-21(17)33-9-8-29-31-33/h4-13,20H,3H2,1-2H3,(H2,28,35)(H,30,36). The lowest BCUT2D eigenvalue weighted by Crippen LogP contribution is -2.32. The fourth-order valence-electron chi connectivity index (χ4n) is 3.93. The van der Waals surface area contributed by atoms with Gasteiger partial charge in [0.1, 0.15) is 17.6 Å². The number of halogens is 2. The number of ether oxygens (including phenoxy) is 1. The molecular weight excluding hydrogens is 503 g/mol. The second kappa shape index (κ2) is 10.6. The molecule has 0 saturated heterocycles. The first-order valence-electron chi connectivity index (χ1n) is 11.1. The van der Waals surface area contributed by atoms with Crippen molar-refractivity contribution in [3.63, 3.8) is 0 Å². The molecule has 0 aliphatic rings. The zero-order valence-electron chi connectivity index (χ0n) is 19.8. The number of methoxy groups -OCH3 is 1. The maximum atomic E-state index is 14.1. The Hall–Kier alpha value is -4.51. The molecule has 190 valence electrons. The van der Waals surface area contributed by atoms with Crippen molar-refractivity contribution in [2.45, 2.75) is 19.4 Å². The van der Waals surface area contributed by atoms with Crippen LogP contribution in [-0.4, -0.2) is 38.5 Å². The Kier molecular flexibility index (Phi) is 7.35. The van der Waals surface area contributed by atoms with Crippen molar-refractivity contribution in [2.24, 2.45) is 5.73 Å². The number of rotatable bonds is 8. The van der Waals surface area contributed by atoms with E-state index < -0.39 is 29.2 Å². The smallest absolute Gasteiger partial charge is 0.252 e. The number of carbonyl (C=O) groups excluding carboxylic acids is 2. The number of benzene rings is 2. The summed E-state index contributed by atoms with van der Waals surface area (Å²) < 4.78 is 22.5. The van der Waals surface area contributed by atoms with Gasteiger partial charge in [-0.2, -0.15) is 0 Å². The summed E-state index contributed by atoms with van der Waals surface area (Å²) in [4.78, 5) is 37.6. The molecular formula is C25H22ClFN6O4. The second-order valence-electron chi connectivity index (χ2n) is 7.98. The lowest BCUT2D eigenvalue weighted by atomic mass is 10.0. The van der Waals surface area contributed by atoms with E-state index in [2.05, 4.69) is 15.6 Å². The highest BCUT2D eigenvalue weighted by molar-refractivity contribution is 6.31. The summed E-state index contributed by atoms with van der Waals surface area (Å²) in [6.07, 6.45) is 4.85. The lowest BCUT2D eigenvalue weighted by Gasteiger charge is -2.21. The van der Waals surface area contributed by atoms with Crippen LogP contribution >= 0.6 is 11.6 Å². The van der Waals surface area contributed by atoms with Gasteiger partial charge in [-0.05, 0) is 42.8 Å². The van der Waals surface area contributed by atoms with E-state index in [9.17, 15) is 18.8 Å². The number of hydrogen-bond donors (Lipinski definition) is 2. The molecule has 4 rings (SSSR count). The molecule has 0 spiro atoms. The number of aromatic nitrogens is 4. The van der Waals surface area contributed by atoms with Gasteiger partial charge in [0.2, 0.25) is 5.91 Å². The average molecular weight is 525 g/mol. The van der Waals surface area contributed by atoms with Gasteiger partial charge in [0, 0.05) is 27.9 Å². The number of amides is 2. The Morgan fingerprint density at radius 3 is 2.59 bits per heavy atom. The highest BCUT2D eigenvalue weighted by Crippen LogP contribution is 2.35. The quantitative estimate of drug-likeness (QED) is 0.362. The number of nitrogens with zero attached hydrogens (tertiary/aromatic N) is 4. The van der Waals surface area contributed by atoms with Crippen molar-refractivity contribution < 1.29 is 18.7 Å². The van der Waals surface area contributed by atoms with Crippen molar-refractivity contribution in [1.82, 2.24) is 19.6 Å². The van der Waals surface area contributed by atoms with Crippen LogP contribution in [0.1, 0.15) is 29.7 Å². The van der Waals surface area contributed by atoms with E-state index in [1.165, 1.54) is 47.0 Å². The largest absolute Gasteiger partial charge is 0.495 e. The van der Waals surface area contributed by atoms with Crippen LogP contribution in [0.3, 0.4) is 0 Å². The average Bonchev–Trinajstić information content (AvgIpc) is 3.40. The fraction of sp³-hybridized carbons (Fsp3) is 0.160. The van der Waals surface area contributed by atoms with Gasteiger partial charge in [-0.25, -0.2) is 9.07 Å². The van der Waals surface area contributed by atoms with Crippen LogP contribution in [0.4, 0.5) is 10.1 Å². The summed E-state index contributed by atoms with van der Waals surface area (Å²) in [5, 5.41) is 10.9. The predicted molar refractivity (Wildman–Crippen MR) is 135 cm³/mol. The SMILES string of the molecule is CCC(C(=O)Nc1ccc(C(N)=O)c(F)c1)n1cc(OC)c(-c2cc(Cl)ccc2-n2ccnn2)cc1=O. The summed E-state index contributed by atoms with van der Waals surface area (Å²) in [6, 6.07) is 9.02. The van der Waals surface area contributed by atoms with Crippen LogP contribution in [0.5, 0.6) is 5.75 Å². The van der Waals surface area contributed by atoms with Gasteiger partial charge in [-0.3, -0.25) is 19.0 Å². The summed E-state index contributed by atoms with van der Waals surface area (Å²) >= 11 is 6.25. The topological polar surface area (TPSA) is 134 Å². The Morgan fingerprint density at radius 1 is 1.19 bits per heavy atom. The highest BCUT2D eigenvalue weighted by Gasteiger charge is 2.23. The van der Waals surface area contributed by atoms with E-state index in [4.69, 9.17) is 22.1 Å². The molecule has 2 amide bonds. The van der Waals surface area contributed by atoms with Gasteiger partial charge in [-0.1, -0.05) is 23.7 Å². The summed E-state index contributed by atoms with van der Waals surface area (Å²) in [5.41, 5.74) is 6.09. The van der Waals surface area contributed by atoms with Crippen molar-refractivity contribution in [3.8, 4) is 22.6 Å². The fourth-order valence-corrected chi connectivity index (χ4v) is 4.10. The van der Waals surface area contributed by atoms with Crippen LogP contribution in [0.15, 0.2) is 65.8 Å². The van der Waals surface area contributed by atoms with E-state index >= 15 is 0 Å². The Labute approximate surface area is 215 Å². The Balaban J connectivity index is 1.72. The van der Waals surface area contributed by atoms with Crippen molar-refractivity contribution in [1.29, 1.82) is 0 Å². The zero-order chi connectivity index (χ0) is 26.7. The highest BCUT2D eigenvalue weighted by atomic mass is 35.5. The first kappa shape index (κ1) is 25.6. The van der Waals surface area contributed by atoms with E-state index in [1.807, 2.05) is 0 Å². The minimum atomic E-state index is -0.941. The Morgan fingerprint density at radius 2 is 1.97 bits per heavy atom. The third-order valence-electron chi connectivity index (χ3n) is 5.71. The monoisotopic (exact) mass is 524 g/mol. The van der Waals surface area contributed by atoms with Gasteiger partial charge >= 0.3 is 0 Å². The van der Waals surface area contributed by atoms with E-state index in [1.54, 1.807) is 31.3 Å². The molecule has 2 aromatic heterocycles. The predicted octanol–water partition coefficient (Wildman–Crippen LogP) is 3.59. The van der Waals surface area contributed by atoms with Crippen LogP contribution in [0.2, 0.25) is 5.02 Å². The number of nitrogens with one attached hydrogen (secondary N) is 1. The van der Waals surface area contributed by atoms with Crippen molar-refractivity contribution >= 4 is 29.1 Å². The summed E-state index contributed by atoms with van der Waals surface area (Å²) in [7, 11) is 1.44. The van der Waals surface area contributed by atoms with Crippen LogP contribution in [0.25, 0.3) is 16.8 Å². The maximum absolute atomic E-state index is 14.1. The van der Waals surface area contributed by atoms with Crippen LogP contribution < -0.4 is 21.3 Å². The van der Waals surface area contributed by atoms with Gasteiger partial charge < -0.3 is 15.8 Å². The minimum absolute atomic E-state index is 0.110. The number of anilines is 1. The molecule has 37 heavy (non-hydrogen) atoms. The first-order valence-corrected chi connectivity index (χ1v) is 11.5. The van der Waals surface area contributed by atoms with E-state index in [-0.39, 0.29) is 17.7 Å². The molecule has 0 bridgehead atoms. The molecule has 1 atom stereocenters. The molecule has 2 aromatic carbocycles. The number of primary amides is 1. The molecule has 2 heterocycles. The van der Waals surface area contributed by atoms with Crippen LogP contribution in [-0.2, 0) is 4.79 Å². The second-order valence-corrected chi connectivity index (χ2v) is 8.42. The van der Waals surface area contributed by atoms with E-state index in [0.717, 1.165) is 6.07 Å². The summed E-state index contributed by atoms with van der Waals surface area (Å²) in [6.45, 7) is 1.73. The molecule has 0 saturated carbocycles. The number of carbonyl (C=O) groups is 2. The normalized spacial score (nSPS) is 11.7. The Bertz CT molecular complexity index is 1540. The van der Waals surface area contributed by atoms with Gasteiger partial charge in [0.25, 0.3) is 11.5 Å². The van der Waals surface area contributed by atoms with Crippen molar-refractivity contribution in [3.05, 3.63) is 87.8 Å². The third kappa shape index (κ3) is 5.21. The molecule has 12 heteroatoms. The molecule has 0 radical (unpaired) electrons. The molecule has 0 aliphatic heterocycles. The zero-order valence-corrected chi connectivity index (χ0v) is 20.6. The molecule has 1 unspecified atom stereocenters. The molecule has 0 aliphatic carbocycles. The first-order chi connectivity index (χ1) is 17.7. The molecule has 0 fully saturated rings. The lowest BCUT2D eigenvalue weighted by molar-refractivity contribution is -0.119. The summed E-state index contributed by atoms with van der Waals surface area (Å²) in [5.74, 6) is -2.04. The number of pyridine rings is 1. The van der Waals surface area contributed by atoms with Crippen molar-refractivity contribution in [2.75, 3.05) is 12.4 Å². The number of hydrogen-bond acceptors (Lipinski definition) is 6. The van der Waals surface area contributed by atoms with Gasteiger partial charge in [0.05, 0.1) is 37.0 Å². The van der Waals surface area contributed by atoms with Gasteiger partial charge in [0.15, 0.2) is 0 Å². The van der Waals surface area contributed by atoms with Crippen LogP contribution in [0, 0.1) is 5.82 Å². The van der Waals surface area contributed by atoms with E-state index in [0.29, 0.717) is 27.6 Å². The molecule has 3 N–H and O–H groups in total. The number of nitrogens with two attached hydrogens (primary N) is 1. The maximum Gasteiger partial charge on any atom is 0.252 e. The van der Waals surface area contributed by atoms with Gasteiger partial charge in [-0.15, -0.1) is 5.10 Å². The third-order valence-corrected chi connectivity index (χ3v) is 5.94. The molecule has 10 nitrogen and oxygen atoms in total. The molecule has 4 aromatic rings.